The third-order valence-corrected chi connectivity index (χ3v) is 2.27. The van der Waals surface area contributed by atoms with Gasteiger partial charge in [-0.05, 0) is 31.7 Å². The summed E-state index contributed by atoms with van der Waals surface area (Å²) in [5.74, 6) is -0.268. The first-order valence-corrected chi connectivity index (χ1v) is 4.75. The van der Waals surface area contributed by atoms with Crippen molar-refractivity contribution in [1.82, 2.24) is 0 Å². The van der Waals surface area contributed by atoms with Crippen LogP contribution in [0.1, 0.15) is 11.1 Å². The lowest BCUT2D eigenvalue weighted by atomic mass is 9.95. The van der Waals surface area contributed by atoms with Crippen molar-refractivity contribution < 1.29 is 5.11 Å². The molecule has 1 heteroatoms. The van der Waals surface area contributed by atoms with E-state index in [1.54, 1.807) is 0 Å². The number of hydrogen-bond donors (Lipinski definition) is 1. The Morgan fingerprint density at radius 2 is 2.00 bits per heavy atom. The van der Waals surface area contributed by atoms with Gasteiger partial charge in [-0.15, -0.1) is 6.58 Å². The molecule has 0 saturated carbocycles. The maximum atomic E-state index is 9.40. The predicted octanol–water partition coefficient (Wildman–Crippen LogP) is 2.41. The first-order chi connectivity index (χ1) is 6.63. The van der Waals surface area contributed by atoms with Gasteiger partial charge in [-0.25, -0.2) is 0 Å². The summed E-state index contributed by atoms with van der Waals surface area (Å²) in [4.78, 5) is 0. The van der Waals surface area contributed by atoms with Gasteiger partial charge < -0.3 is 5.11 Å². The first kappa shape index (κ1) is 11.0. The van der Waals surface area contributed by atoms with Crippen molar-refractivity contribution >= 4 is 0 Å². The quantitative estimate of drug-likeness (QED) is 0.719. The van der Waals surface area contributed by atoms with E-state index in [2.05, 4.69) is 6.58 Å². The molecule has 0 saturated heterocycles. The van der Waals surface area contributed by atoms with Crippen molar-refractivity contribution in [2.45, 2.75) is 19.4 Å². The minimum absolute atomic E-state index is 0.268. The Bertz CT molecular complexity index is 287. The van der Waals surface area contributed by atoms with Crippen LogP contribution in [0.2, 0.25) is 0 Å². The van der Waals surface area contributed by atoms with E-state index in [-0.39, 0.29) is 5.92 Å². The molecule has 1 nitrogen and oxygen atoms in total. The second-order valence-electron chi connectivity index (χ2n) is 3.58. The van der Waals surface area contributed by atoms with Gasteiger partial charge in [0.25, 0.3) is 0 Å². The summed E-state index contributed by atoms with van der Waals surface area (Å²) >= 11 is 0. The second kappa shape index (κ2) is 4.97. The Labute approximate surface area is 86.1 Å². The van der Waals surface area contributed by atoms with Gasteiger partial charge in [0.1, 0.15) is 0 Å². The van der Waals surface area contributed by atoms with Crippen molar-refractivity contribution in [2.75, 3.05) is 0 Å². The molecule has 2 radical (unpaired) electrons. The number of rotatable bonds is 4. The van der Waals surface area contributed by atoms with Crippen LogP contribution in [0, 0.1) is 19.8 Å². The van der Waals surface area contributed by atoms with Crippen molar-refractivity contribution in [2.24, 2.45) is 5.92 Å². The lowest BCUT2D eigenvalue weighted by Crippen LogP contribution is -2.16. The maximum absolute atomic E-state index is 9.40. The minimum atomic E-state index is -0.628. The normalized spacial score (nSPS) is 14.8. The molecule has 1 aromatic carbocycles. The van der Waals surface area contributed by atoms with Crippen LogP contribution in [0.4, 0.5) is 0 Å². The maximum Gasteiger partial charge on any atom is 0.0752 e. The summed E-state index contributed by atoms with van der Waals surface area (Å²) in [6.45, 7) is 11.3. The third kappa shape index (κ3) is 3.00. The highest BCUT2D eigenvalue weighted by atomic mass is 16.3. The minimum Gasteiger partial charge on any atom is -0.389 e. The Morgan fingerprint density at radius 1 is 1.43 bits per heavy atom. The molecule has 0 aliphatic rings. The number of aryl methyl sites for hydroxylation is 1. The summed E-state index contributed by atoms with van der Waals surface area (Å²) in [6.07, 6.45) is 1.52. The van der Waals surface area contributed by atoms with Crippen molar-refractivity contribution in [1.29, 1.82) is 0 Å². The molecule has 0 aliphatic carbocycles. The molecule has 0 amide bonds. The van der Waals surface area contributed by atoms with E-state index in [1.807, 2.05) is 31.2 Å². The van der Waals surface area contributed by atoms with E-state index in [4.69, 9.17) is 6.92 Å². The molecular formula is C13H16O. The molecule has 0 spiro atoms. The summed E-state index contributed by atoms with van der Waals surface area (Å²) in [5, 5.41) is 9.40. The standard InChI is InChI=1S/C13H16O/c1-4-13(14)11(3)9-12-7-5-10(2)6-8-12/h3-8,11,13-14H,1,9H2,2H3/t11?,13-/m0/s1. The smallest absolute Gasteiger partial charge is 0.0752 e. The lowest BCUT2D eigenvalue weighted by Gasteiger charge is -2.14. The average Bonchev–Trinajstić information content (AvgIpc) is 2.20. The molecule has 0 bridgehead atoms. The lowest BCUT2D eigenvalue weighted by molar-refractivity contribution is 0.175. The Kier molecular flexibility index (Phi) is 3.90. The zero-order valence-corrected chi connectivity index (χ0v) is 8.48. The SMILES string of the molecule is [CH]C(Cc1ccc(C)cc1)[C@@H](O)C=C. The van der Waals surface area contributed by atoms with Crippen molar-refractivity contribution in [3.63, 3.8) is 0 Å². The molecule has 0 fully saturated rings. The summed E-state index contributed by atoms with van der Waals surface area (Å²) < 4.78 is 0. The number of aliphatic hydroxyl groups excluding tert-OH is 1. The van der Waals surface area contributed by atoms with E-state index in [1.165, 1.54) is 11.6 Å². The van der Waals surface area contributed by atoms with Crippen LogP contribution in [0.5, 0.6) is 0 Å². The fraction of sp³-hybridized carbons (Fsp3) is 0.308. The molecule has 0 aromatic heterocycles. The van der Waals surface area contributed by atoms with E-state index < -0.39 is 6.10 Å². The summed E-state index contributed by atoms with van der Waals surface area (Å²) in [5.41, 5.74) is 2.37. The van der Waals surface area contributed by atoms with E-state index in [0.29, 0.717) is 6.42 Å². The largest absolute Gasteiger partial charge is 0.389 e. The van der Waals surface area contributed by atoms with Crippen LogP contribution in [-0.2, 0) is 6.42 Å². The predicted molar refractivity (Wildman–Crippen MR) is 58.9 cm³/mol. The zero-order chi connectivity index (χ0) is 10.6. The summed E-state index contributed by atoms with van der Waals surface area (Å²) in [6, 6.07) is 8.15. The van der Waals surface area contributed by atoms with Crippen LogP contribution < -0.4 is 0 Å². The van der Waals surface area contributed by atoms with Gasteiger partial charge in [-0.3, -0.25) is 0 Å². The number of hydrogen-bond acceptors (Lipinski definition) is 1. The average molecular weight is 188 g/mol. The highest BCUT2D eigenvalue weighted by Crippen LogP contribution is 2.13. The van der Waals surface area contributed by atoms with Crippen LogP contribution >= 0.6 is 0 Å². The second-order valence-corrected chi connectivity index (χ2v) is 3.58. The molecule has 0 heterocycles. The molecule has 74 valence electrons. The van der Waals surface area contributed by atoms with E-state index in [0.717, 1.165) is 5.56 Å². The van der Waals surface area contributed by atoms with Gasteiger partial charge >= 0.3 is 0 Å². The first-order valence-electron chi connectivity index (χ1n) is 4.75. The highest BCUT2D eigenvalue weighted by molar-refractivity contribution is 5.22. The molecule has 1 N–H and O–H groups in total. The van der Waals surface area contributed by atoms with Gasteiger partial charge in [-0.2, -0.15) is 0 Å². The fourth-order valence-corrected chi connectivity index (χ4v) is 1.29. The molecule has 1 unspecified atom stereocenters. The monoisotopic (exact) mass is 188 g/mol. The molecule has 0 aliphatic heterocycles. The fourth-order valence-electron chi connectivity index (χ4n) is 1.29. The van der Waals surface area contributed by atoms with Gasteiger partial charge in [0.2, 0.25) is 0 Å². The zero-order valence-electron chi connectivity index (χ0n) is 8.48. The van der Waals surface area contributed by atoms with E-state index >= 15 is 0 Å². The number of benzene rings is 1. The molecule has 1 rings (SSSR count). The third-order valence-electron chi connectivity index (χ3n) is 2.27. The van der Waals surface area contributed by atoms with Gasteiger partial charge in [-0.1, -0.05) is 35.9 Å². The van der Waals surface area contributed by atoms with Crippen molar-refractivity contribution in [3.8, 4) is 0 Å². The molecular weight excluding hydrogens is 172 g/mol. The molecule has 1 aromatic rings. The van der Waals surface area contributed by atoms with Gasteiger partial charge in [0.05, 0.1) is 6.10 Å². The van der Waals surface area contributed by atoms with Crippen LogP contribution in [0.25, 0.3) is 0 Å². The Morgan fingerprint density at radius 3 is 2.50 bits per heavy atom. The molecule has 2 atom stereocenters. The van der Waals surface area contributed by atoms with E-state index in [9.17, 15) is 5.11 Å². The van der Waals surface area contributed by atoms with Gasteiger partial charge in [0, 0.05) is 0 Å². The van der Waals surface area contributed by atoms with Crippen LogP contribution in [-0.4, -0.2) is 11.2 Å². The number of aliphatic hydroxyl groups is 1. The molecule has 14 heavy (non-hydrogen) atoms. The highest BCUT2D eigenvalue weighted by Gasteiger charge is 2.10. The van der Waals surface area contributed by atoms with Crippen molar-refractivity contribution in [3.05, 3.63) is 55.0 Å². The van der Waals surface area contributed by atoms with Crippen LogP contribution in [0.15, 0.2) is 36.9 Å². The summed E-state index contributed by atoms with van der Waals surface area (Å²) in [7, 11) is 0. The Balaban J connectivity index is 2.60. The van der Waals surface area contributed by atoms with Crippen LogP contribution in [0.3, 0.4) is 0 Å². The van der Waals surface area contributed by atoms with Gasteiger partial charge in [0.15, 0.2) is 0 Å². The Hall–Kier alpha value is -1.08. The topological polar surface area (TPSA) is 20.2 Å².